The summed E-state index contributed by atoms with van der Waals surface area (Å²) < 4.78 is 11.2. The summed E-state index contributed by atoms with van der Waals surface area (Å²) in [6.07, 6.45) is 0. The molecule has 0 aromatic heterocycles. The van der Waals surface area contributed by atoms with Crippen LogP contribution < -0.4 is 0 Å². The Kier molecular flexibility index (Phi) is 7.24. The lowest BCUT2D eigenvalue weighted by Gasteiger charge is -2.17. The van der Waals surface area contributed by atoms with Crippen molar-refractivity contribution in [2.45, 2.75) is 26.4 Å². The van der Waals surface area contributed by atoms with Gasteiger partial charge in [-0.05, 0) is 34.1 Å². The van der Waals surface area contributed by atoms with Gasteiger partial charge in [-0.15, -0.1) is 0 Å². The number of aliphatic hydroxyl groups excluding tert-OH is 2. The molecule has 0 amide bonds. The number of hydrogen-bond acceptors (Lipinski definition) is 5. The standard InChI is InChI=1S/C16H19O4PS2/c17-9-13-1-5-15(6-2-13)11-19-21(22,23)20-12-16-7-3-14(10-18)4-8-16/h1-8,17-18H,9-12H2,(H,22,23). The van der Waals surface area contributed by atoms with Gasteiger partial charge >= 0.3 is 0 Å². The summed E-state index contributed by atoms with van der Waals surface area (Å²) in [5.74, 6) is 0. The molecule has 0 radical (unpaired) electrons. The van der Waals surface area contributed by atoms with E-state index in [1.807, 2.05) is 48.5 Å². The monoisotopic (exact) mass is 370 g/mol. The molecule has 0 heterocycles. The Morgan fingerprint density at radius 2 is 1.04 bits per heavy atom. The number of hydrogen-bond donors (Lipinski definition) is 3. The van der Waals surface area contributed by atoms with Gasteiger partial charge in [0.2, 0.25) is 5.69 Å². The van der Waals surface area contributed by atoms with E-state index in [0.717, 1.165) is 22.3 Å². The molecule has 0 aliphatic heterocycles. The van der Waals surface area contributed by atoms with E-state index in [9.17, 15) is 0 Å². The topological polar surface area (TPSA) is 58.9 Å². The third-order valence-corrected chi connectivity index (χ3v) is 5.44. The minimum atomic E-state index is -2.63. The quantitative estimate of drug-likeness (QED) is 0.490. The molecule has 2 aromatic carbocycles. The molecule has 0 saturated carbocycles. The fourth-order valence-corrected chi connectivity index (χ4v) is 3.19. The van der Waals surface area contributed by atoms with Crippen LogP contribution in [0.2, 0.25) is 0 Å². The summed E-state index contributed by atoms with van der Waals surface area (Å²) in [7, 11) is 0. The molecule has 4 nitrogen and oxygen atoms in total. The molecule has 0 aliphatic carbocycles. The largest absolute Gasteiger partial charge is 0.392 e. The summed E-state index contributed by atoms with van der Waals surface area (Å²) >= 11 is 9.62. The second-order valence-corrected chi connectivity index (χ2v) is 10.3. The average Bonchev–Trinajstić information content (AvgIpc) is 2.59. The summed E-state index contributed by atoms with van der Waals surface area (Å²) in [6, 6.07) is 14.9. The number of rotatable bonds is 8. The van der Waals surface area contributed by atoms with Gasteiger partial charge in [-0.2, -0.15) is 0 Å². The van der Waals surface area contributed by atoms with Crippen molar-refractivity contribution in [1.82, 2.24) is 0 Å². The lowest BCUT2D eigenvalue weighted by molar-refractivity contribution is 0.246. The molecule has 2 N–H and O–H groups in total. The van der Waals surface area contributed by atoms with E-state index >= 15 is 0 Å². The van der Waals surface area contributed by atoms with Crippen LogP contribution in [-0.2, 0) is 47.3 Å². The molecule has 0 aliphatic rings. The van der Waals surface area contributed by atoms with Crippen LogP contribution in [0.4, 0.5) is 0 Å². The first-order valence-corrected chi connectivity index (χ1v) is 10.8. The predicted octanol–water partition coefficient (Wildman–Crippen LogP) is 3.56. The van der Waals surface area contributed by atoms with E-state index in [0.29, 0.717) is 13.2 Å². The molecule has 2 rings (SSSR count). The molecule has 0 saturated heterocycles. The Morgan fingerprint density at radius 3 is 1.35 bits per heavy atom. The predicted molar refractivity (Wildman–Crippen MR) is 97.6 cm³/mol. The van der Waals surface area contributed by atoms with Crippen LogP contribution in [0.25, 0.3) is 0 Å². The van der Waals surface area contributed by atoms with Crippen molar-refractivity contribution in [3.05, 3.63) is 70.8 Å². The normalized spacial score (nSPS) is 11.6. The Bertz CT molecular complexity index is 603. The minimum absolute atomic E-state index is 0.0177. The Hall–Kier alpha value is -0.720. The van der Waals surface area contributed by atoms with E-state index < -0.39 is 5.69 Å². The van der Waals surface area contributed by atoms with Crippen molar-refractivity contribution in [3.8, 4) is 0 Å². The van der Waals surface area contributed by atoms with Crippen molar-refractivity contribution in [2.24, 2.45) is 0 Å². The minimum Gasteiger partial charge on any atom is -0.392 e. The summed E-state index contributed by atoms with van der Waals surface area (Å²) in [4.78, 5) is 0. The smallest absolute Gasteiger partial charge is 0.244 e. The Labute approximate surface area is 146 Å². The number of benzene rings is 2. The fourth-order valence-electron chi connectivity index (χ4n) is 1.83. The maximum absolute atomic E-state index is 9.01. The molecule has 2 aromatic rings. The fraction of sp³-hybridized carbons (Fsp3) is 0.250. The highest BCUT2D eigenvalue weighted by Crippen LogP contribution is 2.54. The van der Waals surface area contributed by atoms with E-state index in [1.54, 1.807) is 0 Å². The second-order valence-electron chi connectivity index (χ2n) is 4.96. The molecule has 0 spiro atoms. The highest BCUT2D eigenvalue weighted by molar-refractivity contribution is 8.60. The van der Waals surface area contributed by atoms with Crippen LogP contribution in [0.15, 0.2) is 48.5 Å². The lowest BCUT2D eigenvalue weighted by Crippen LogP contribution is -1.94. The zero-order valence-electron chi connectivity index (χ0n) is 12.5. The van der Waals surface area contributed by atoms with Crippen molar-refractivity contribution in [2.75, 3.05) is 0 Å². The number of aliphatic hydroxyl groups is 2. The zero-order chi connectivity index (χ0) is 16.7. The van der Waals surface area contributed by atoms with Crippen LogP contribution in [0.5, 0.6) is 0 Å². The second kappa shape index (κ2) is 8.94. The van der Waals surface area contributed by atoms with Gasteiger partial charge in [0.05, 0.1) is 26.4 Å². The average molecular weight is 370 g/mol. The third kappa shape index (κ3) is 6.36. The van der Waals surface area contributed by atoms with E-state index in [2.05, 4.69) is 12.2 Å². The lowest BCUT2D eigenvalue weighted by atomic mass is 10.1. The van der Waals surface area contributed by atoms with Crippen LogP contribution in [-0.4, -0.2) is 10.2 Å². The molecule has 7 heteroatoms. The summed E-state index contributed by atoms with van der Waals surface area (Å²) in [5, 5.41) is 18.0. The van der Waals surface area contributed by atoms with Gasteiger partial charge in [0.25, 0.3) is 0 Å². The van der Waals surface area contributed by atoms with Crippen LogP contribution in [0.1, 0.15) is 22.3 Å². The first-order valence-electron chi connectivity index (χ1n) is 7.01. The Balaban J connectivity index is 1.84. The molecular formula is C16H19O4PS2. The van der Waals surface area contributed by atoms with Crippen LogP contribution in [0, 0.1) is 0 Å². The van der Waals surface area contributed by atoms with Crippen molar-refractivity contribution >= 4 is 29.7 Å². The molecule has 124 valence electrons. The highest BCUT2D eigenvalue weighted by Gasteiger charge is 2.13. The van der Waals surface area contributed by atoms with E-state index in [1.165, 1.54) is 0 Å². The number of thiol groups is 1. The summed E-state index contributed by atoms with van der Waals surface area (Å²) in [5.41, 5.74) is 0.957. The summed E-state index contributed by atoms with van der Waals surface area (Å²) in [6.45, 7) is 0.666. The van der Waals surface area contributed by atoms with Crippen LogP contribution in [0.3, 0.4) is 0 Å². The van der Waals surface area contributed by atoms with Crippen molar-refractivity contribution in [1.29, 1.82) is 0 Å². The van der Waals surface area contributed by atoms with Gasteiger partial charge in [0.1, 0.15) is 0 Å². The third-order valence-electron chi connectivity index (χ3n) is 3.20. The van der Waals surface area contributed by atoms with Gasteiger partial charge in [0.15, 0.2) is 0 Å². The van der Waals surface area contributed by atoms with E-state index in [-0.39, 0.29) is 13.2 Å². The zero-order valence-corrected chi connectivity index (χ0v) is 15.1. The molecule has 0 atom stereocenters. The SMILES string of the molecule is OCc1ccc(COP(=S)(S)OCc2ccc(CO)cc2)cc1. The first-order chi connectivity index (χ1) is 11.0. The molecule has 23 heavy (non-hydrogen) atoms. The Morgan fingerprint density at radius 1 is 0.739 bits per heavy atom. The molecule has 0 fully saturated rings. The van der Waals surface area contributed by atoms with Gasteiger partial charge in [-0.3, -0.25) is 0 Å². The maximum atomic E-state index is 9.01. The molecule has 0 bridgehead atoms. The maximum Gasteiger partial charge on any atom is 0.244 e. The van der Waals surface area contributed by atoms with Gasteiger partial charge in [-0.25, -0.2) is 0 Å². The molecule has 0 unspecified atom stereocenters. The van der Waals surface area contributed by atoms with E-state index in [4.69, 9.17) is 31.1 Å². The van der Waals surface area contributed by atoms with Crippen LogP contribution >= 0.6 is 17.9 Å². The van der Waals surface area contributed by atoms with Gasteiger partial charge in [0, 0.05) is 0 Å². The molecular weight excluding hydrogens is 351 g/mol. The highest BCUT2D eigenvalue weighted by atomic mass is 32.9. The van der Waals surface area contributed by atoms with Crippen molar-refractivity contribution in [3.63, 3.8) is 0 Å². The van der Waals surface area contributed by atoms with Crippen molar-refractivity contribution < 1.29 is 19.3 Å². The van der Waals surface area contributed by atoms with Gasteiger partial charge < -0.3 is 19.3 Å². The first kappa shape index (κ1) is 18.6. The van der Waals surface area contributed by atoms with Gasteiger partial charge in [-0.1, -0.05) is 60.8 Å².